The molecule has 2 aromatic heterocycles. The first-order valence-electron chi connectivity index (χ1n) is 12.9. The summed E-state index contributed by atoms with van der Waals surface area (Å²) in [6.45, 7) is 18.2. The Kier molecular flexibility index (Phi) is 10.5. The van der Waals surface area contributed by atoms with Crippen LogP contribution in [0.1, 0.15) is 63.1 Å². The number of nitriles is 1. The van der Waals surface area contributed by atoms with Crippen LogP contribution in [0.5, 0.6) is 0 Å². The lowest BCUT2D eigenvalue weighted by atomic mass is 9.94. The van der Waals surface area contributed by atoms with E-state index >= 15 is 4.39 Å². The number of nitrogen functional groups attached to an aromatic ring is 1. The van der Waals surface area contributed by atoms with Gasteiger partial charge in [-0.25, -0.2) is 8.78 Å². The molecule has 6 nitrogen and oxygen atoms in total. The van der Waals surface area contributed by atoms with Crippen LogP contribution in [0.4, 0.5) is 13.8 Å². The van der Waals surface area contributed by atoms with Crippen molar-refractivity contribution < 1.29 is 13.5 Å². The fourth-order valence-corrected chi connectivity index (χ4v) is 5.38. The largest absolute Gasteiger partial charge is 0.389 e. The van der Waals surface area contributed by atoms with E-state index in [0.29, 0.717) is 10.8 Å². The monoisotopic (exact) mass is 539 g/mol. The van der Waals surface area contributed by atoms with Crippen molar-refractivity contribution in [3.63, 3.8) is 0 Å². The first-order valence-corrected chi connectivity index (χ1v) is 13.7. The first-order chi connectivity index (χ1) is 18.3. The number of nitrogens with two attached hydrogens (primary N) is 1. The molecule has 0 atom stereocenters. The van der Waals surface area contributed by atoms with Gasteiger partial charge in [0.25, 0.3) is 0 Å². The Balaban J connectivity index is 0.000000304. The molecule has 0 bridgehead atoms. The maximum atomic E-state index is 15.4. The molecule has 1 fully saturated rings. The van der Waals surface area contributed by atoms with E-state index in [-0.39, 0.29) is 50.3 Å². The number of nitrogens with zero attached hydrogens (tertiary/aromatic N) is 4. The van der Waals surface area contributed by atoms with E-state index in [0.717, 1.165) is 23.1 Å². The highest BCUT2D eigenvalue weighted by atomic mass is 32.1. The number of likely N-dealkylation sites (tertiary alicyclic amines) is 1. The lowest BCUT2D eigenvalue weighted by Gasteiger charge is -2.12. The Morgan fingerprint density at radius 3 is 2.42 bits per heavy atom. The van der Waals surface area contributed by atoms with Crippen LogP contribution < -0.4 is 16.2 Å². The van der Waals surface area contributed by atoms with Crippen LogP contribution in [0.25, 0.3) is 34.1 Å². The number of hydrogen-bond acceptors (Lipinski definition) is 7. The van der Waals surface area contributed by atoms with E-state index < -0.39 is 11.6 Å². The normalized spacial score (nSPS) is 14.9. The molecule has 9 heteroatoms. The van der Waals surface area contributed by atoms with E-state index in [2.05, 4.69) is 48.9 Å². The van der Waals surface area contributed by atoms with E-state index in [1.807, 2.05) is 6.07 Å². The fourth-order valence-electron chi connectivity index (χ4n) is 4.46. The highest BCUT2D eigenvalue weighted by Crippen LogP contribution is 2.41. The van der Waals surface area contributed by atoms with Gasteiger partial charge in [-0.05, 0) is 50.3 Å². The zero-order chi connectivity index (χ0) is 27.8. The molecule has 2 aliphatic rings. The van der Waals surface area contributed by atoms with Gasteiger partial charge in [-0.15, -0.1) is 11.3 Å². The summed E-state index contributed by atoms with van der Waals surface area (Å²) in [4.78, 5) is 10.3. The molecule has 0 spiro atoms. The maximum Gasteiger partial charge on any atom is 0.159 e. The predicted molar refractivity (Wildman–Crippen MR) is 153 cm³/mol. The van der Waals surface area contributed by atoms with Crippen LogP contribution in [-0.4, -0.2) is 36.2 Å². The van der Waals surface area contributed by atoms with E-state index in [1.54, 1.807) is 0 Å². The first kappa shape index (κ1) is 29.4. The third-order valence-corrected chi connectivity index (χ3v) is 7.73. The quantitative estimate of drug-likeness (QED) is 0.444. The van der Waals surface area contributed by atoms with Gasteiger partial charge in [-0.2, -0.15) is 5.26 Å². The van der Waals surface area contributed by atoms with Crippen molar-refractivity contribution in [3.8, 4) is 17.3 Å². The van der Waals surface area contributed by atoms with Crippen LogP contribution >= 0.6 is 11.3 Å². The number of rotatable bonds is 4. The Morgan fingerprint density at radius 2 is 1.87 bits per heavy atom. The summed E-state index contributed by atoms with van der Waals surface area (Å²) in [6, 6.07) is 1.97. The second-order valence-electron chi connectivity index (χ2n) is 9.10. The minimum absolute atomic E-state index is 0.0816. The van der Waals surface area contributed by atoms with E-state index in [9.17, 15) is 9.65 Å². The zero-order valence-electron chi connectivity index (χ0n) is 22.4. The molecule has 0 radical (unpaired) electrons. The van der Waals surface area contributed by atoms with Crippen LogP contribution in [0.3, 0.4) is 0 Å². The zero-order valence-corrected chi connectivity index (χ0v) is 23.2. The molecular formula is C29H35F2N5OS. The van der Waals surface area contributed by atoms with Crippen molar-refractivity contribution in [2.24, 2.45) is 4.99 Å². The average Bonchev–Trinajstić information content (AvgIpc) is 3.69. The van der Waals surface area contributed by atoms with Gasteiger partial charge >= 0.3 is 0 Å². The van der Waals surface area contributed by atoms with Crippen molar-refractivity contribution >= 4 is 45.9 Å². The van der Waals surface area contributed by atoms with Gasteiger partial charge in [0.05, 0.1) is 35.4 Å². The Hall–Kier alpha value is -3.19. The minimum atomic E-state index is -0.622. The van der Waals surface area contributed by atoms with Gasteiger partial charge in [-0.1, -0.05) is 40.2 Å². The minimum Gasteiger partial charge on any atom is -0.389 e. The molecule has 0 amide bonds. The van der Waals surface area contributed by atoms with Gasteiger partial charge in [0.1, 0.15) is 16.9 Å². The van der Waals surface area contributed by atoms with Crippen LogP contribution in [0.15, 0.2) is 11.2 Å². The van der Waals surface area contributed by atoms with E-state index in [1.165, 1.54) is 51.5 Å². The molecule has 3 aromatic rings. The molecule has 38 heavy (non-hydrogen) atoms. The number of ether oxygens (including phenoxy) is 1. The third kappa shape index (κ3) is 5.93. The molecule has 4 heterocycles. The number of fused-ring (bicyclic) bond motifs is 2. The second-order valence-corrected chi connectivity index (χ2v) is 10.1. The third-order valence-electron chi connectivity index (χ3n) is 6.70. The topological polar surface area (TPSA) is 87.5 Å². The Labute approximate surface area is 226 Å². The van der Waals surface area contributed by atoms with Crippen LogP contribution in [0.2, 0.25) is 0 Å². The van der Waals surface area contributed by atoms with Crippen molar-refractivity contribution in [2.45, 2.75) is 59.7 Å². The van der Waals surface area contributed by atoms with Gasteiger partial charge < -0.3 is 15.4 Å². The van der Waals surface area contributed by atoms with Crippen molar-refractivity contribution in [1.82, 2.24) is 9.88 Å². The number of hydrogen-bond donors (Lipinski definition) is 1. The number of thiophene rings is 1. The number of halogens is 2. The number of unbranched alkanes of at least 4 members (excludes halogenated alkanes) is 1. The average molecular weight is 540 g/mol. The second kappa shape index (κ2) is 13.6. The summed E-state index contributed by atoms with van der Waals surface area (Å²) in [6.07, 6.45) is 7.92. The summed E-state index contributed by atoms with van der Waals surface area (Å²) in [5.41, 5.74) is 7.55. The van der Waals surface area contributed by atoms with Gasteiger partial charge in [0, 0.05) is 27.6 Å². The summed E-state index contributed by atoms with van der Waals surface area (Å²) in [5, 5.41) is 10.4. The molecular weight excluding hydrogens is 504 g/mol. The number of aromatic nitrogens is 1. The Morgan fingerprint density at radius 1 is 1.21 bits per heavy atom. The molecule has 2 N–H and O–H groups in total. The SMILES string of the molecule is C=N/C=c1/c2c(c(-c3ncc(F)c4sc(N)c(C#N)c34)c(F)c1=C)COC2.CCCC.CCN1CCCC1. The predicted octanol–water partition coefficient (Wildman–Crippen LogP) is 5.48. The highest BCUT2D eigenvalue weighted by molar-refractivity contribution is 7.23. The standard InChI is InChI=1S/C19H12F2N4OS.C6H13N.C4H10/c1-8-10(4-24-2)11-6-26-7-12(11)14(16(8)21)17-15-9(3-22)19(23)27-18(15)13(20)5-25-17;1-2-7-5-3-4-6-7;1-3-4-2/h4-5H,1-2,6-7,23H2;2-6H2,1H3;3-4H2,1-2H3/b10-4+;;. The summed E-state index contributed by atoms with van der Waals surface area (Å²) < 4.78 is 35.3. The molecule has 2 aliphatic heterocycles. The highest BCUT2D eigenvalue weighted by Gasteiger charge is 2.27. The van der Waals surface area contributed by atoms with Gasteiger partial charge in [0.15, 0.2) is 5.82 Å². The summed E-state index contributed by atoms with van der Waals surface area (Å²) >= 11 is 0.935. The maximum absolute atomic E-state index is 15.4. The molecule has 202 valence electrons. The molecule has 5 rings (SSSR count). The summed E-state index contributed by atoms with van der Waals surface area (Å²) in [5.74, 6) is -1.24. The lowest BCUT2D eigenvalue weighted by molar-refractivity contribution is 0.134. The number of benzene rings is 1. The van der Waals surface area contributed by atoms with Gasteiger partial charge in [0.2, 0.25) is 0 Å². The van der Waals surface area contributed by atoms with E-state index in [4.69, 9.17) is 10.5 Å². The summed E-state index contributed by atoms with van der Waals surface area (Å²) in [7, 11) is 0. The lowest BCUT2D eigenvalue weighted by Crippen LogP contribution is -2.32. The Bertz CT molecular complexity index is 1450. The van der Waals surface area contributed by atoms with Crippen molar-refractivity contribution in [3.05, 3.63) is 45.0 Å². The number of anilines is 1. The molecule has 0 unspecified atom stereocenters. The molecule has 0 aliphatic carbocycles. The molecule has 1 saturated heterocycles. The van der Waals surface area contributed by atoms with Crippen LogP contribution in [0, 0.1) is 23.0 Å². The van der Waals surface area contributed by atoms with Crippen LogP contribution in [-0.2, 0) is 18.0 Å². The van der Waals surface area contributed by atoms with Crippen molar-refractivity contribution in [1.29, 1.82) is 5.26 Å². The molecule has 1 aromatic carbocycles. The number of aliphatic imine (C=N–C) groups is 1. The fraction of sp³-hybridized carbons (Fsp3) is 0.414. The van der Waals surface area contributed by atoms with Crippen molar-refractivity contribution in [2.75, 3.05) is 25.4 Å². The molecule has 0 saturated carbocycles. The smallest absolute Gasteiger partial charge is 0.159 e. The van der Waals surface area contributed by atoms with Gasteiger partial charge in [-0.3, -0.25) is 9.98 Å². The number of pyridine rings is 1.